The summed E-state index contributed by atoms with van der Waals surface area (Å²) in [7, 11) is 0. The van der Waals surface area contributed by atoms with Crippen LogP contribution < -0.4 is 0 Å². The number of nitrogens with zero attached hydrogens (tertiary/aromatic N) is 4. The van der Waals surface area contributed by atoms with E-state index in [1.807, 2.05) is 17.0 Å². The first-order valence-corrected chi connectivity index (χ1v) is 8.99. The Morgan fingerprint density at radius 3 is 2.91 bits per heavy atom. The molecule has 23 heavy (non-hydrogen) atoms. The molecule has 1 saturated heterocycles. The lowest BCUT2D eigenvalue weighted by Crippen LogP contribution is -2.34. The number of amides is 1. The van der Waals surface area contributed by atoms with E-state index < -0.39 is 0 Å². The van der Waals surface area contributed by atoms with Crippen molar-refractivity contribution in [2.45, 2.75) is 50.7 Å². The first-order chi connectivity index (χ1) is 11.1. The van der Waals surface area contributed by atoms with Crippen LogP contribution in [0.2, 0.25) is 0 Å². The van der Waals surface area contributed by atoms with Crippen LogP contribution in [0.1, 0.15) is 50.6 Å². The normalized spacial score (nSPS) is 15.6. The van der Waals surface area contributed by atoms with Gasteiger partial charge in [0.25, 0.3) is 0 Å². The van der Waals surface area contributed by atoms with Crippen LogP contribution in [0.4, 0.5) is 0 Å². The first-order valence-electron chi connectivity index (χ1n) is 8.01. The first kappa shape index (κ1) is 16.1. The van der Waals surface area contributed by atoms with E-state index in [-0.39, 0.29) is 11.8 Å². The van der Waals surface area contributed by atoms with Crippen LogP contribution in [0.25, 0.3) is 0 Å². The third-order valence-corrected chi connectivity index (χ3v) is 4.93. The van der Waals surface area contributed by atoms with E-state index in [1.165, 1.54) is 0 Å². The Hall–Kier alpha value is -1.76. The van der Waals surface area contributed by atoms with Gasteiger partial charge in [-0.3, -0.25) is 9.36 Å². The van der Waals surface area contributed by atoms with E-state index in [0.717, 1.165) is 36.1 Å². The molecule has 0 unspecified atom stereocenters. The van der Waals surface area contributed by atoms with Crippen molar-refractivity contribution < 1.29 is 9.21 Å². The lowest BCUT2D eigenvalue weighted by molar-refractivity contribution is -0.132. The van der Waals surface area contributed by atoms with Gasteiger partial charge in [-0.2, -0.15) is 0 Å². The van der Waals surface area contributed by atoms with E-state index in [1.54, 1.807) is 18.0 Å². The lowest BCUT2D eigenvalue weighted by Gasteiger charge is -2.26. The molecule has 1 fully saturated rings. The molecular weight excluding hydrogens is 312 g/mol. The highest BCUT2D eigenvalue weighted by Gasteiger charge is 2.21. The zero-order chi connectivity index (χ0) is 16.2. The molecule has 0 bridgehead atoms. The van der Waals surface area contributed by atoms with Gasteiger partial charge in [-0.15, -0.1) is 10.2 Å². The number of rotatable bonds is 6. The molecule has 124 valence electrons. The summed E-state index contributed by atoms with van der Waals surface area (Å²) in [5.41, 5.74) is 0. The molecule has 2 aromatic heterocycles. The predicted octanol–water partition coefficient (Wildman–Crippen LogP) is 3.10. The quantitative estimate of drug-likeness (QED) is 0.760. The predicted molar refractivity (Wildman–Crippen MR) is 88.2 cm³/mol. The maximum Gasteiger partial charge on any atom is 0.223 e. The van der Waals surface area contributed by atoms with Crippen LogP contribution in [0.5, 0.6) is 0 Å². The Balaban J connectivity index is 1.74. The molecule has 0 atom stereocenters. The number of furan rings is 1. The minimum atomic E-state index is 0.241. The fourth-order valence-electron chi connectivity index (χ4n) is 2.67. The third kappa shape index (κ3) is 3.77. The van der Waals surface area contributed by atoms with Crippen molar-refractivity contribution in [3.63, 3.8) is 0 Å². The van der Waals surface area contributed by atoms with Crippen molar-refractivity contribution in [2.75, 3.05) is 12.4 Å². The number of likely N-dealkylation sites (tertiary alicyclic amines) is 1. The number of carbonyl (C=O) groups is 1. The summed E-state index contributed by atoms with van der Waals surface area (Å²) < 4.78 is 7.54. The Kier molecular flexibility index (Phi) is 5.05. The molecule has 3 rings (SSSR count). The van der Waals surface area contributed by atoms with Gasteiger partial charge in [0.05, 0.1) is 18.7 Å². The van der Waals surface area contributed by atoms with Crippen molar-refractivity contribution in [3.05, 3.63) is 30.0 Å². The minimum Gasteiger partial charge on any atom is -0.467 e. The van der Waals surface area contributed by atoms with Crippen LogP contribution >= 0.6 is 11.8 Å². The standard InChI is InChI=1S/C16H22N4O2S/c1-12(2)15-17-18-16(20(15)10-13-6-5-9-22-13)23-11-19-8-4-3-7-14(19)21/h5-6,9,12H,3-4,7-8,10-11H2,1-2H3. The summed E-state index contributed by atoms with van der Waals surface area (Å²) in [5, 5.41) is 9.49. The highest BCUT2D eigenvalue weighted by Crippen LogP contribution is 2.24. The Labute approximate surface area is 140 Å². The average Bonchev–Trinajstić information content (AvgIpc) is 3.17. The summed E-state index contributed by atoms with van der Waals surface area (Å²) in [6.45, 7) is 5.66. The van der Waals surface area contributed by atoms with Gasteiger partial charge in [0.1, 0.15) is 11.6 Å². The molecular formula is C16H22N4O2S. The van der Waals surface area contributed by atoms with Crippen molar-refractivity contribution in [3.8, 4) is 0 Å². The van der Waals surface area contributed by atoms with Crippen molar-refractivity contribution in [1.29, 1.82) is 0 Å². The molecule has 1 amide bonds. The summed E-state index contributed by atoms with van der Waals surface area (Å²) in [6.07, 6.45) is 4.43. The van der Waals surface area contributed by atoms with Crippen LogP contribution in [-0.2, 0) is 11.3 Å². The fraction of sp³-hybridized carbons (Fsp3) is 0.562. The molecule has 0 spiro atoms. The lowest BCUT2D eigenvalue weighted by atomic mass is 10.1. The highest BCUT2D eigenvalue weighted by molar-refractivity contribution is 7.99. The van der Waals surface area contributed by atoms with E-state index in [2.05, 4.69) is 28.6 Å². The second-order valence-corrected chi connectivity index (χ2v) is 6.96. The smallest absolute Gasteiger partial charge is 0.223 e. The van der Waals surface area contributed by atoms with E-state index in [4.69, 9.17) is 4.42 Å². The largest absolute Gasteiger partial charge is 0.467 e. The van der Waals surface area contributed by atoms with E-state index in [0.29, 0.717) is 18.8 Å². The zero-order valence-corrected chi connectivity index (χ0v) is 14.4. The van der Waals surface area contributed by atoms with Crippen molar-refractivity contribution in [1.82, 2.24) is 19.7 Å². The average molecular weight is 334 g/mol. The molecule has 6 nitrogen and oxygen atoms in total. The van der Waals surface area contributed by atoms with Gasteiger partial charge in [0.15, 0.2) is 5.16 Å². The fourth-order valence-corrected chi connectivity index (χ4v) is 3.63. The maximum atomic E-state index is 11.9. The van der Waals surface area contributed by atoms with Gasteiger partial charge in [-0.05, 0) is 25.0 Å². The van der Waals surface area contributed by atoms with Crippen molar-refractivity contribution >= 4 is 17.7 Å². The number of carbonyl (C=O) groups excluding carboxylic acids is 1. The van der Waals surface area contributed by atoms with Gasteiger partial charge in [-0.25, -0.2) is 0 Å². The van der Waals surface area contributed by atoms with Crippen LogP contribution in [0.15, 0.2) is 28.0 Å². The summed E-state index contributed by atoms with van der Waals surface area (Å²) in [5.74, 6) is 2.97. The number of thioether (sulfide) groups is 1. The summed E-state index contributed by atoms with van der Waals surface area (Å²) >= 11 is 1.57. The molecule has 0 aromatic carbocycles. The minimum absolute atomic E-state index is 0.241. The molecule has 0 N–H and O–H groups in total. The van der Waals surface area contributed by atoms with Gasteiger partial charge < -0.3 is 9.32 Å². The number of piperidine rings is 1. The second-order valence-electron chi connectivity index (χ2n) is 6.05. The van der Waals surface area contributed by atoms with Crippen LogP contribution in [0, 0.1) is 0 Å². The highest BCUT2D eigenvalue weighted by atomic mass is 32.2. The van der Waals surface area contributed by atoms with Crippen LogP contribution in [0.3, 0.4) is 0 Å². The number of hydrogen-bond donors (Lipinski definition) is 0. The van der Waals surface area contributed by atoms with E-state index >= 15 is 0 Å². The van der Waals surface area contributed by atoms with E-state index in [9.17, 15) is 4.79 Å². The molecule has 1 aliphatic heterocycles. The Morgan fingerprint density at radius 2 is 2.22 bits per heavy atom. The topological polar surface area (TPSA) is 64.2 Å². The SMILES string of the molecule is CC(C)c1nnc(SCN2CCCCC2=O)n1Cc1ccco1. The van der Waals surface area contributed by atoms with Gasteiger partial charge in [0.2, 0.25) is 5.91 Å². The summed E-state index contributed by atoms with van der Waals surface area (Å²) in [4.78, 5) is 13.8. The van der Waals surface area contributed by atoms with Gasteiger partial charge in [0, 0.05) is 18.9 Å². The second kappa shape index (κ2) is 7.21. The molecule has 1 aliphatic rings. The Morgan fingerprint density at radius 1 is 1.35 bits per heavy atom. The maximum absolute atomic E-state index is 11.9. The molecule has 7 heteroatoms. The van der Waals surface area contributed by atoms with Crippen LogP contribution in [-0.4, -0.2) is 38.0 Å². The monoisotopic (exact) mass is 334 g/mol. The number of aromatic nitrogens is 3. The molecule has 0 radical (unpaired) electrons. The molecule has 2 aromatic rings. The molecule has 3 heterocycles. The van der Waals surface area contributed by atoms with Gasteiger partial charge >= 0.3 is 0 Å². The van der Waals surface area contributed by atoms with Gasteiger partial charge in [-0.1, -0.05) is 25.6 Å². The number of hydrogen-bond acceptors (Lipinski definition) is 5. The summed E-state index contributed by atoms with van der Waals surface area (Å²) in [6, 6.07) is 3.83. The Bertz CT molecular complexity index is 651. The molecule has 0 aliphatic carbocycles. The van der Waals surface area contributed by atoms with Crippen molar-refractivity contribution in [2.24, 2.45) is 0 Å². The zero-order valence-electron chi connectivity index (χ0n) is 13.6. The molecule has 0 saturated carbocycles. The third-order valence-electron chi connectivity index (χ3n) is 3.93.